The van der Waals surface area contributed by atoms with Crippen molar-refractivity contribution < 1.29 is 4.74 Å². The first-order chi connectivity index (χ1) is 18.3. The van der Waals surface area contributed by atoms with Gasteiger partial charge in [-0.1, -0.05) is 90.6 Å². The van der Waals surface area contributed by atoms with Gasteiger partial charge in [0.2, 0.25) is 5.16 Å². The van der Waals surface area contributed by atoms with Crippen LogP contribution in [0.2, 0.25) is 0 Å². The Morgan fingerprint density at radius 1 is 0.865 bits per heavy atom. The van der Waals surface area contributed by atoms with Crippen molar-refractivity contribution in [3.63, 3.8) is 0 Å². The van der Waals surface area contributed by atoms with Crippen molar-refractivity contribution in [3.05, 3.63) is 114 Å². The minimum atomic E-state index is 0.149. The number of piperidine rings is 1. The first kappa shape index (κ1) is 23.9. The maximum Gasteiger partial charge on any atom is 0.214 e. The second-order valence-corrected chi connectivity index (χ2v) is 10.3. The lowest BCUT2D eigenvalue weighted by Gasteiger charge is -2.32. The average Bonchev–Trinajstić information content (AvgIpc) is 3.45. The Labute approximate surface area is 221 Å². The van der Waals surface area contributed by atoms with Crippen LogP contribution in [0.5, 0.6) is 0 Å². The number of fused-ring (bicyclic) bond motifs is 1. The number of aromatic nitrogens is 4. The van der Waals surface area contributed by atoms with Gasteiger partial charge in [0.1, 0.15) is 0 Å². The highest BCUT2D eigenvalue weighted by Gasteiger charge is 2.27. The number of para-hydroxylation sites is 1. The molecule has 7 heteroatoms. The van der Waals surface area contributed by atoms with E-state index in [9.17, 15) is 0 Å². The largest absolute Gasteiger partial charge is 0.372 e. The Hall–Kier alpha value is -3.52. The zero-order valence-corrected chi connectivity index (χ0v) is 21.3. The smallest absolute Gasteiger partial charge is 0.214 e. The van der Waals surface area contributed by atoms with Crippen LogP contribution >= 0.6 is 11.8 Å². The molecule has 1 aromatic heterocycles. The highest BCUT2D eigenvalue weighted by molar-refractivity contribution is 7.98. The van der Waals surface area contributed by atoms with Crippen molar-refractivity contribution in [2.75, 3.05) is 13.1 Å². The third-order valence-electron chi connectivity index (χ3n) is 6.92. The summed E-state index contributed by atoms with van der Waals surface area (Å²) >= 11 is 1.64. The summed E-state index contributed by atoms with van der Waals surface area (Å²) in [5, 5.41) is 19.1. The third-order valence-corrected chi connectivity index (χ3v) is 7.91. The van der Waals surface area contributed by atoms with Gasteiger partial charge in [0, 0.05) is 18.2 Å². The van der Waals surface area contributed by atoms with Crippen molar-refractivity contribution >= 4 is 22.5 Å². The van der Waals surface area contributed by atoms with Crippen LogP contribution < -0.4 is 5.32 Å². The van der Waals surface area contributed by atoms with Crippen molar-refractivity contribution in [3.8, 4) is 5.69 Å². The fraction of sp³-hybridized carbons (Fsp3) is 0.233. The van der Waals surface area contributed by atoms with Gasteiger partial charge in [-0.25, -0.2) is 0 Å². The fourth-order valence-corrected chi connectivity index (χ4v) is 5.77. The molecule has 0 saturated carbocycles. The maximum absolute atomic E-state index is 6.48. The van der Waals surface area contributed by atoms with Gasteiger partial charge in [0.25, 0.3) is 0 Å². The monoisotopic (exact) mass is 507 g/mol. The number of thioether (sulfide) groups is 1. The Bertz CT molecular complexity index is 1450. The minimum absolute atomic E-state index is 0.149. The van der Waals surface area contributed by atoms with Crippen LogP contribution in [-0.4, -0.2) is 39.4 Å². The molecule has 37 heavy (non-hydrogen) atoms. The number of hydrogen-bond acceptors (Lipinski definition) is 6. The summed E-state index contributed by atoms with van der Waals surface area (Å²) in [6.07, 6.45) is 1.22. The maximum atomic E-state index is 6.48. The van der Waals surface area contributed by atoms with Gasteiger partial charge >= 0.3 is 0 Å². The van der Waals surface area contributed by atoms with Crippen LogP contribution in [-0.2, 0) is 17.1 Å². The molecule has 186 valence electrons. The zero-order chi connectivity index (χ0) is 24.9. The number of ether oxygens (including phenoxy) is 1. The standard InChI is InChI=1S/C30H29N5OS/c1-2-8-27(9-3-1)35-30(32-33-34-35)37-21-22-10-14-25(15-11-22)28-16-17-31-19-29(28)36-20-23-12-13-24-6-4-5-7-26(24)18-23/h1-15,18,28-29,31H,16-17,19-21H2. The summed E-state index contributed by atoms with van der Waals surface area (Å²) in [6, 6.07) is 34.0. The molecule has 5 aromatic rings. The quantitative estimate of drug-likeness (QED) is 0.269. The van der Waals surface area contributed by atoms with E-state index in [1.54, 1.807) is 16.4 Å². The molecule has 6 rings (SSSR count). The molecule has 2 atom stereocenters. The van der Waals surface area contributed by atoms with Gasteiger partial charge in [0.05, 0.1) is 18.4 Å². The summed E-state index contributed by atoms with van der Waals surface area (Å²) in [6.45, 7) is 2.51. The number of rotatable bonds is 8. The van der Waals surface area contributed by atoms with E-state index in [1.165, 1.54) is 27.5 Å². The summed E-state index contributed by atoms with van der Waals surface area (Å²) in [4.78, 5) is 0. The van der Waals surface area contributed by atoms with E-state index < -0.39 is 0 Å². The van der Waals surface area contributed by atoms with Gasteiger partial charge in [-0.15, -0.1) is 5.10 Å². The Morgan fingerprint density at radius 3 is 2.51 bits per heavy atom. The highest BCUT2D eigenvalue weighted by atomic mass is 32.2. The molecule has 1 saturated heterocycles. The lowest BCUT2D eigenvalue weighted by Crippen LogP contribution is -2.40. The SMILES string of the molecule is c1ccc(-n2nnnc2SCc2ccc(C3CCNCC3OCc3ccc4ccccc4c3)cc2)cc1. The van der Waals surface area contributed by atoms with E-state index in [0.29, 0.717) is 12.5 Å². The van der Waals surface area contributed by atoms with Crippen LogP contribution in [0, 0.1) is 0 Å². The van der Waals surface area contributed by atoms with Gasteiger partial charge in [-0.3, -0.25) is 0 Å². The van der Waals surface area contributed by atoms with Gasteiger partial charge < -0.3 is 10.1 Å². The topological polar surface area (TPSA) is 64.9 Å². The highest BCUT2D eigenvalue weighted by Crippen LogP contribution is 2.30. The second-order valence-electron chi connectivity index (χ2n) is 9.37. The average molecular weight is 508 g/mol. The number of benzene rings is 4. The molecule has 1 aliphatic rings. The van der Waals surface area contributed by atoms with E-state index in [-0.39, 0.29) is 6.10 Å². The van der Waals surface area contributed by atoms with Crippen LogP contribution in [0.3, 0.4) is 0 Å². The van der Waals surface area contributed by atoms with Crippen molar-refractivity contribution in [1.82, 2.24) is 25.5 Å². The fourth-order valence-electron chi connectivity index (χ4n) is 4.93. The summed E-state index contributed by atoms with van der Waals surface area (Å²) in [5.74, 6) is 1.19. The second kappa shape index (κ2) is 11.3. The van der Waals surface area contributed by atoms with E-state index >= 15 is 0 Å². The third kappa shape index (κ3) is 5.59. The molecular weight excluding hydrogens is 478 g/mol. The Morgan fingerprint density at radius 2 is 1.65 bits per heavy atom. The molecular formula is C30H29N5OS. The lowest BCUT2D eigenvalue weighted by molar-refractivity contribution is 0.0106. The molecule has 0 spiro atoms. The number of hydrogen-bond donors (Lipinski definition) is 1. The zero-order valence-electron chi connectivity index (χ0n) is 20.5. The van der Waals surface area contributed by atoms with Crippen molar-refractivity contribution in [2.24, 2.45) is 0 Å². The van der Waals surface area contributed by atoms with E-state index in [1.807, 2.05) is 30.3 Å². The summed E-state index contributed by atoms with van der Waals surface area (Å²) < 4.78 is 8.26. The van der Waals surface area contributed by atoms with Gasteiger partial charge in [-0.2, -0.15) is 4.68 Å². The normalized spacial score (nSPS) is 17.7. The molecule has 1 fully saturated rings. The Balaban J connectivity index is 1.09. The molecule has 0 amide bonds. The molecule has 1 N–H and O–H groups in total. The van der Waals surface area contributed by atoms with E-state index in [2.05, 4.69) is 87.6 Å². The Kier molecular flexibility index (Phi) is 7.26. The predicted molar refractivity (Wildman–Crippen MR) is 148 cm³/mol. The van der Waals surface area contributed by atoms with E-state index in [0.717, 1.165) is 36.1 Å². The van der Waals surface area contributed by atoms with Crippen LogP contribution in [0.15, 0.2) is 102 Å². The number of tetrazole rings is 1. The van der Waals surface area contributed by atoms with Crippen LogP contribution in [0.1, 0.15) is 29.0 Å². The van der Waals surface area contributed by atoms with Crippen molar-refractivity contribution in [2.45, 2.75) is 36.0 Å². The lowest BCUT2D eigenvalue weighted by atomic mass is 9.87. The van der Waals surface area contributed by atoms with Crippen molar-refractivity contribution in [1.29, 1.82) is 0 Å². The van der Waals surface area contributed by atoms with Gasteiger partial charge in [-0.05, 0) is 69.1 Å². The van der Waals surface area contributed by atoms with Crippen LogP contribution in [0.4, 0.5) is 0 Å². The molecule has 2 heterocycles. The molecule has 4 aromatic carbocycles. The number of nitrogens with zero attached hydrogens (tertiary/aromatic N) is 4. The molecule has 2 unspecified atom stereocenters. The van der Waals surface area contributed by atoms with Crippen LogP contribution in [0.25, 0.3) is 16.5 Å². The predicted octanol–water partition coefficient (Wildman–Crippen LogP) is 5.77. The molecule has 6 nitrogen and oxygen atoms in total. The molecule has 1 aliphatic heterocycles. The number of nitrogens with one attached hydrogen (secondary N) is 1. The first-order valence-corrected chi connectivity index (χ1v) is 13.7. The van der Waals surface area contributed by atoms with Gasteiger partial charge in [0.15, 0.2) is 0 Å². The molecule has 0 radical (unpaired) electrons. The summed E-state index contributed by atoms with van der Waals surface area (Å²) in [5.41, 5.74) is 4.77. The van der Waals surface area contributed by atoms with E-state index in [4.69, 9.17) is 4.74 Å². The summed E-state index contributed by atoms with van der Waals surface area (Å²) in [7, 11) is 0. The first-order valence-electron chi connectivity index (χ1n) is 12.7. The molecule has 0 bridgehead atoms. The molecule has 0 aliphatic carbocycles. The minimum Gasteiger partial charge on any atom is -0.372 e.